The first-order valence-corrected chi connectivity index (χ1v) is 5.87. The first-order chi connectivity index (χ1) is 6.63. The van der Waals surface area contributed by atoms with Gasteiger partial charge in [-0.2, -0.15) is 0 Å². The molecule has 0 aliphatic heterocycles. The van der Waals surface area contributed by atoms with Gasteiger partial charge < -0.3 is 10.4 Å². The molecule has 1 fully saturated rings. The van der Waals surface area contributed by atoms with Crippen LogP contribution in [0.4, 0.5) is 0 Å². The van der Waals surface area contributed by atoms with Crippen molar-refractivity contribution < 1.29 is 5.11 Å². The van der Waals surface area contributed by atoms with Crippen molar-refractivity contribution in [2.45, 2.75) is 42.3 Å². The van der Waals surface area contributed by atoms with Crippen molar-refractivity contribution in [3.8, 4) is 0 Å². The third kappa shape index (κ3) is 3.91. The Morgan fingerprint density at radius 1 is 1.36 bits per heavy atom. The van der Waals surface area contributed by atoms with Crippen molar-refractivity contribution in [3.05, 3.63) is 0 Å². The van der Waals surface area contributed by atoms with Crippen LogP contribution in [-0.2, 0) is 0 Å². The van der Waals surface area contributed by atoms with Crippen LogP contribution < -0.4 is 10.6 Å². The smallest absolute Gasteiger partial charge is 0.117 e. The Hall–Kier alpha value is 0.460. The summed E-state index contributed by atoms with van der Waals surface area (Å²) in [5.74, 6) is 0. The molecule has 0 spiro atoms. The molecular formula is C9H18Cl2N2O. The van der Waals surface area contributed by atoms with Gasteiger partial charge in [0.25, 0.3) is 0 Å². The summed E-state index contributed by atoms with van der Waals surface area (Å²) in [4.78, 5) is 0. The van der Waals surface area contributed by atoms with E-state index in [1.165, 1.54) is 0 Å². The summed E-state index contributed by atoms with van der Waals surface area (Å²) in [7, 11) is 1.73. The molecule has 0 aromatic carbocycles. The molecule has 1 aliphatic rings. The highest BCUT2D eigenvalue weighted by atomic mass is 35.5. The van der Waals surface area contributed by atoms with Gasteiger partial charge in [-0.3, -0.25) is 5.32 Å². The maximum atomic E-state index is 9.27. The monoisotopic (exact) mass is 240 g/mol. The second-order valence-corrected chi connectivity index (χ2v) is 4.88. The second kappa shape index (κ2) is 6.13. The summed E-state index contributed by atoms with van der Waals surface area (Å²) < 4.78 is 0. The molecule has 84 valence electrons. The highest BCUT2D eigenvalue weighted by molar-refractivity contribution is 6.30. The van der Waals surface area contributed by atoms with Crippen molar-refractivity contribution in [2.24, 2.45) is 0 Å². The van der Waals surface area contributed by atoms with Crippen molar-refractivity contribution in [2.75, 3.05) is 13.6 Å². The van der Waals surface area contributed by atoms with Crippen LogP contribution in [0, 0.1) is 0 Å². The van der Waals surface area contributed by atoms with Gasteiger partial charge in [-0.05, 0) is 26.3 Å². The third-order valence-electron chi connectivity index (χ3n) is 2.63. The lowest BCUT2D eigenvalue weighted by atomic mass is 9.94. The molecule has 4 atom stereocenters. The van der Waals surface area contributed by atoms with Crippen LogP contribution in [0.5, 0.6) is 0 Å². The average molecular weight is 241 g/mol. The van der Waals surface area contributed by atoms with Crippen LogP contribution in [0.2, 0.25) is 0 Å². The fourth-order valence-corrected chi connectivity index (χ4v) is 2.21. The molecule has 3 nitrogen and oxygen atoms in total. The van der Waals surface area contributed by atoms with Gasteiger partial charge in [0, 0.05) is 12.6 Å². The summed E-state index contributed by atoms with van der Waals surface area (Å²) in [5, 5.41) is 15.5. The van der Waals surface area contributed by atoms with E-state index in [1.807, 2.05) is 0 Å². The zero-order valence-corrected chi connectivity index (χ0v) is 9.85. The Morgan fingerprint density at radius 2 is 2.07 bits per heavy atom. The number of hydrogen-bond donors (Lipinski definition) is 3. The normalized spacial score (nSPS) is 35.6. The van der Waals surface area contributed by atoms with Crippen molar-refractivity contribution >= 4 is 23.2 Å². The number of halogens is 2. The van der Waals surface area contributed by atoms with Gasteiger partial charge >= 0.3 is 0 Å². The largest absolute Gasteiger partial charge is 0.377 e. The molecule has 0 bridgehead atoms. The zero-order valence-electron chi connectivity index (χ0n) is 8.34. The van der Waals surface area contributed by atoms with E-state index in [0.29, 0.717) is 12.6 Å². The molecular weight excluding hydrogens is 223 g/mol. The first kappa shape index (κ1) is 12.5. The van der Waals surface area contributed by atoms with Gasteiger partial charge in [-0.25, -0.2) is 0 Å². The van der Waals surface area contributed by atoms with Gasteiger partial charge in [0.1, 0.15) is 6.23 Å². The van der Waals surface area contributed by atoms with Crippen LogP contribution in [0.15, 0.2) is 0 Å². The molecule has 1 aliphatic carbocycles. The van der Waals surface area contributed by atoms with Crippen molar-refractivity contribution in [1.82, 2.24) is 10.6 Å². The van der Waals surface area contributed by atoms with E-state index in [0.717, 1.165) is 19.3 Å². The second-order valence-electron chi connectivity index (χ2n) is 3.75. The van der Waals surface area contributed by atoms with Crippen LogP contribution in [0.3, 0.4) is 0 Å². The Morgan fingerprint density at radius 3 is 2.64 bits per heavy atom. The SMILES string of the molecule is CNC(O)CNC1CCC(Cl)C(Cl)C1. The van der Waals surface area contributed by atoms with E-state index in [-0.39, 0.29) is 10.8 Å². The van der Waals surface area contributed by atoms with Crippen LogP contribution in [-0.4, -0.2) is 41.7 Å². The standard InChI is InChI=1S/C9H18Cl2N2O/c1-12-9(14)5-13-6-2-3-7(10)8(11)4-6/h6-9,12-14H,2-5H2,1H3. The van der Waals surface area contributed by atoms with Crippen LogP contribution in [0.1, 0.15) is 19.3 Å². The van der Waals surface area contributed by atoms with Crippen LogP contribution >= 0.6 is 23.2 Å². The van der Waals surface area contributed by atoms with Gasteiger partial charge in [-0.1, -0.05) is 0 Å². The minimum Gasteiger partial charge on any atom is -0.377 e. The highest BCUT2D eigenvalue weighted by Gasteiger charge is 2.27. The minimum absolute atomic E-state index is 0.0506. The van der Waals surface area contributed by atoms with E-state index in [4.69, 9.17) is 23.2 Å². The summed E-state index contributed by atoms with van der Waals surface area (Å²) >= 11 is 12.1. The Bertz CT molecular complexity index is 171. The van der Waals surface area contributed by atoms with E-state index >= 15 is 0 Å². The number of aliphatic hydroxyl groups is 1. The molecule has 0 aromatic rings. The van der Waals surface area contributed by atoms with E-state index in [2.05, 4.69) is 10.6 Å². The fraction of sp³-hybridized carbons (Fsp3) is 1.00. The summed E-state index contributed by atoms with van der Waals surface area (Å²) in [6.07, 6.45) is 2.38. The average Bonchev–Trinajstić information content (AvgIpc) is 2.19. The summed E-state index contributed by atoms with van der Waals surface area (Å²) in [6, 6.07) is 0.385. The van der Waals surface area contributed by atoms with Crippen molar-refractivity contribution in [3.63, 3.8) is 0 Å². The maximum Gasteiger partial charge on any atom is 0.117 e. The zero-order chi connectivity index (χ0) is 10.6. The van der Waals surface area contributed by atoms with Gasteiger partial charge in [0.15, 0.2) is 0 Å². The van der Waals surface area contributed by atoms with E-state index < -0.39 is 6.23 Å². The molecule has 1 rings (SSSR count). The number of alkyl halides is 2. The lowest BCUT2D eigenvalue weighted by molar-refractivity contribution is 0.137. The first-order valence-electron chi connectivity index (χ1n) is 5.00. The third-order valence-corrected chi connectivity index (χ3v) is 3.76. The quantitative estimate of drug-likeness (QED) is 0.505. The van der Waals surface area contributed by atoms with Gasteiger partial charge in [-0.15, -0.1) is 23.2 Å². The number of rotatable bonds is 4. The van der Waals surface area contributed by atoms with Gasteiger partial charge in [0.2, 0.25) is 0 Å². The molecule has 5 heteroatoms. The molecule has 0 radical (unpaired) electrons. The van der Waals surface area contributed by atoms with E-state index in [9.17, 15) is 5.11 Å². The van der Waals surface area contributed by atoms with E-state index in [1.54, 1.807) is 7.05 Å². The number of likely N-dealkylation sites (N-methyl/N-ethyl adjacent to an activating group) is 1. The Labute approximate surface area is 95.2 Å². The molecule has 1 saturated carbocycles. The molecule has 4 unspecified atom stereocenters. The lowest BCUT2D eigenvalue weighted by Gasteiger charge is -2.30. The Kier molecular flexibility index (Phi) is 5.49. The summed E-state index contributed by atoms with van der Waals surface area (Å²) in [5.41, 5.74) is 0. The number of aliphatic hydroxyl groups excluding tert-OH is 1. The molecule has 0 saturated heterocycles. The van der Waals surface area contributed by atoms with Crippen LogP contribution in [0.25, 0.3) is 0 Å². The minimum atomic E-state index is -0.488. The molecule has 3 N–H and O–H groups in total. The predicted octanol–water partition coefficient (Wildman–Crippen LogP) is 0.881. The maximum absolute atomic E-state index is 9.27. The molecule has 0 aromatic heterocycles. The molecule has 0 amide bonds. The predicted molar refractivity (Wildman–Crippen MR) is 60.0 cm³/mol. The number of hydrogen-bond acceptors (Lipinski definition) is 3. The summed E-state index contributed by atoms with van der Waals surface area (Å²) in [6.45, 7) is 0.553. The molecule has 0 heterocycles. The fourth-order valence-electron chi connectivity index (χ4n) is 1.64. The van der Waals surface area contributed by atoms with Gasteiger partial charge in [0.05, 0.1) is 10.8 Å². The number of nitrogens with one attached hydrogen (secondary N) is 2. The topological polar surface area (TPSA) is 44.3 Å². The lowest BCUT2D eigenvalue weighted by Crippen LogP contribution is -2.44. The highest BCUT2D eigenvalue weighted by Crippen LogP contribution is 2.27. The Balaban J connectivity index is 2.20. The molecule has 14 heavy (non-hydrogen) atoms. The van der Waals surface area contributed by atoms with Crippen molar-refractivity contribution in [1.29, 1.82) is 0 Å².